The van der Waals surface area contributed by atoms with E-state index in [9.17, 15) is 4.79 Å². The Morgan fingerprint density at radius 1 is 1.38 bits per heavy atom. The van der Waals surface area contributed by atoms with Gasteiger partial charge in [-0.05, 0) is 18.9 Å². The first-order chi connectivity index (χ1) is 7.44. The first kappa shape index (κ1) is 13.5. The van der Waals surface area contributed by atoms with Crippen molar-refractivity contribution in [1.29, 1.82) is 0 Å². The minimum atomic E-state index is -0.0434. The third-order valence-electron chi connectivity index (χ3n) is 2.89. The Labute approximate surface area is 98.8 Å². The molecule has 0 bridgehead atoms. The molecular formula is C12H25N3O. The molecule has 4 heteroatoms. The first-order valence-corrected chi connectivity index (χ1v) is 6.11. The molecule has 0 aliphatic carbocycles. The Morgan fingerprint density at radius 2 is 1.94 bits per heavy atom. The van der Waals surface area contributed by atoms with Crippen LogP contribution in [0.1, 0.15) is 27.2 Å². The number of piperazine rings is 1. The number of rotatable bonds is 3. The molecule has 1 atom stereocenters. The molecule has 1 aliphatic rings. The van der Waals surface area contributed by atoms with Crippen LogP contribution in [-0.2, 0) is 4.79 Å². The van der Waals surface area contributed by atoms with Crippen molar-refractivity contribution in [1.82, 2.24) is 15.5 Å². The molecule has 1 amide bonds. The first-order valence-electron chi connectivity index (χ1n) is 6.11. The maximum Gasteiger partial charge on any atom is 0.239 e. The Morgan fingerprint density at radius 3 is 2.38 bits per heavy atom. The molecule has 0 aromatic rings. The van der Waals surface area contributed by atoms with E-state index in [-0.39, 0.29) is 17.4 Å². The van der Waals surface area contributed by atoms with Crippen LogP contribution in [0.25, 0.3) is 0 Å². The van der Waals surface area contributed by atoms with Crippen LogP contribution in [0.15, 0.2) is 0 Å². The van der Waals surface area contributed by atoms with Crippen LogP contribution in [0.2, 0.25) is 0 Å². The second-order valence-electron chi connectivity index (χ2n) is 5.68. The zero-order chi connectivity index (χ0) is 12.2. The molecule has 4 nitrogen and oxygen atoms in total. The van der Waals surface area contributed by atoms with Gasteiger partial charge >= 0.3 is 0 Å². The maximum atomic E-state index is 12.2. The van der Waals surface area contributed by atoms with E-state index in [1.54, 1.807) is 0 Å². The fourth-order valence-electron chi connectivity index (χ4n) is 2.03. The Kier molecular flexibility index (Phi) is 4.74. The second kappa shape index (κ2) is 5.64. The van der Waals surface area contributed by atoms with Crippen LogP contribution in [0, 0.1) is 5.41 Å². The lowest BCUT2D eigenvalue weighted by Crippen LogP contribution is -2.53. The van der Waals surface area contributed by atoms with Crippen LogP contribution in [0.3, 0.4) is 0 Å². The van der Waals surface area contributed by atoms with E-state index in [2.05, 4.69) is 31.4 Å². The summed E-state index contributed by atoms with van der Waals surface area (Å²) in [5, 5.41) is 6.40. The maximum absolute atomic E-state index is 12.2. The summed E-state index contributed by atoms with van der Waals surface area (Å²) in [6.07, 6.45) is 0.881. The number of likely N-dealkylation sites (N-methyl/N-ethyl adjacent to an activating group) is 1. The number of hydrogen-bond acceptors (Lipinski definition) is 3. The van der Waals surface area contributed by atoms with E-state index in [0.29, 0.717) is 0 Å². The number of nitrogens with zero attached hydrogens (tertiary/aromatic N) is 1. The second-order valence-corrected chi connectivity index (χ2v) is 5.68. The van der Waals surface area contributed by atoms with Crippen LogP contribution in [0.5, 0.6) is 0 Å². The molecule has 1 unspecified atom stereocenters. The van der Waals surface area contributed by atoms with Crippen molar-refractivity contribution < 1.29 is 4.79 Å². The van der Waals surface area contributed by atoms with Gasteiger partial charge in [-0.2, -0.15) is 0 Å². The largest absolute Gasteiger partial charge is 0.339 e. The zero-order valence-electron chi connectivity index (χ0n) is 11.0. The van der Waals surface area contributed by atoms with Crippen molar-refractivity contribution in [2.75, 3.05) is 33.2 Å². The van der Waals surface area contributed by atoms with E-state index >= 15 is 0 Å². The van der Waals surface area contributed by atoms with Gasteiger partial charge in [0.15, 0.2) is 0 Å². The van der Waals surface area contributed by atoms with E-state index in [4.69, 9.17) is 0 Å². The van der Waals surface area contributed by atoms with Crippen LogP contribution < -0.4 is 10.6 Å². The molecule has 0 aromatic carbocycles. The molecule has 94 valence electrons. The van der Waals surface area contributed by atoms with Crippen LogP contribution in [0.4, 0.5) is 0 Å². The molecule has 1 heterocycles. The fourth-order valence-corrected chi connectivity index (χ4v) is 2.03. The van der Waals surface area contributed by atoms with E-state index < -0.39 is 0 Å². The topological polar surface area (TPSA) is 44.4 Å². The lowest BCUT2D eigenvalue weighted by molar-refractivity contribution is -0.134. The predicted octanol–water partition coefficient (Wildman–Crippen LogP) is 0.442. The Bertz CT molecular complexity index is 229. The minimum Gasteiger partial charge on any atom is -0.339 e. The average molecular weight is 227 g/mol. The van der Waals surface area contributed by atoms with Crippen LogP contribution >= 0.6 is 0 Å². The number of carbonyl (C=O) groups excluding carboxylic acids is 1. The molecule has 1 saturated heterocycles. The summed E-state index contributed by atoms with van der Waals surface area (Å²) in [6.45, 7) is 10.0. The molecule has 1 fully saturated rings. The van der Waals surface area contributed by atoms with Gasteiger partial charge in [0.2, 0.25) is 5.91 Å². The third-order valence-corrected chi connectivity index (χ3v) is 2.89. The monoisotopic (exact) mass is 227 g/mol. The van der Waals surface area contributed by atoms with Gasteiger partial charge < -0.3 is 15.5 Å². The van der Waals surface area contributed by atoms with Gasteiger partial charge in [0.1, 0.15) is 0 Å². The SMILES string of the molecule is CNC(CC(C)(C)C)C(=O)N1CCNCC1. The van der Waals surface area contributed by atoms with Gasteiger partial charge in [0.05, 0.1) is 6.04 Å². The van der Waals surface area contributed by atoms with Gasteiger partial charge in [-0.3, -0.25) is 4.79 Å². The highest BCUT2D eigenvalue weighted by Gasteiger charge is 2.27. The van der Waals surface area contributed by atoms with Gasteiger partial charge in [0.25, 0.3) is 0 Å². The highest BCUT2D eigenvalue weighted by molar-refractivity contribution is 5.82. The van der Waals surface area contributed by atoms with Crippen molar-refractivity contribution in [2.45, 2.75) is 33.2 Å². The molecule has 0 spiro atoms. The van der Waals surface area contributed by atoms with Crippen molar-refractivity contribution in [2.24, 2.45) is 5.41 Å². The minimum absolute atomic E-state index is 0.0434. The van der Waals surface area contributed by atoms with Crippen molar-refractivity contribution in [3.8, 4) is 0 Å². The highest BCUT2D eigenvalue weighted by Crippen LogP contribution is 2.21. The predicted molar refractivity (Wildman–Crippen MR) is 66.4 cm³/mol. The average Bonchev–Trinajstić information content (AvgIpc) is 2.25. The summed E-state index contributed by atoms with van der Waals surface area (Å²) < 4.78 is 0. The lowest BCUT2D eigenvalue weighted by Gasteiger charge is -2.33. The number of amides is 1. The molecule has 0 radical (unpaired) electrons. The summed E-state index contributed by atoms with van der Waals surface area (Å²) in [5.41, 5.74) is 0.178. The van der Waals surface area contributed by atoms with E-state index in [1.165, 1.54) is 0 Å². The molecule has 0 saturated carbocycles. The van der Waals surface area contributed by atoms with Gasteiger partial charge in [-0.25, -0.2) is 0 Å². The van der Waals surface area contributed by atoms with Crippen molar-refractivity contribution in [3.63, 3.8) is 0 Å². The van der Waals surface area contributed by atoms with Gasteiger partial charge in [0, 0.05) is 26.2 Å². The van der Waals surface area contributed by atoms with Gasteiger partial charge in [-0.1, -0.05) is 20.8 Å². The van der Waals surface area contributed by atoms with E-state index in [1.807, 2.05) is 11.9 Å². The fraction of sp³-hybridized carbons (Fsp3) is 0.917. The van der Waals surface area contributed by atoms with E-state index in [0.717, 1.165) is 32.6 Å². The summed E-state index contributed by atoms with van der Waals surface area (Å²) in [4.78, 5) is 14.2. The Balaban J connectivity index is 2.54. The number of hydrogen-bond donors (Lipinski definition) is 2. The zero-order valence-corrected chi connectivity index (χ0v) is 11.0. The standard InChI is InChI=1S/C12H25N3O/c1-12(2,3)9-10(13-4)11(16)15-7-5-14-6-8-15/h10,13-14H,5-9H2,1-4H3. The smallest absolute Gasteiger partial charge is 0.239 e. The molecule has 2 N–H and O–H groups in total. The normalized spacial score (nSPS) is 19.6. The van der Waals surface area contributed by atoms with Crippen molar-refractivity contribution in [3.05, 3.63) is 0 Å². The summed E-state index contributed by atoms with van der Waals surface area (Å²) in [6, 6.07) is -0.0434. The molecule has 0 aromatic heterocycles. The van der Waals surface area contributed by atoms with Crippen LogP contribution in [-0.4, -0.2) is 50.1 Å². The highest BCUT2D eigenvalue weighted by atomic mass is 16.2. The summed E-state index contributed by atoms with van der Waals surface area (Å²) >= 11 is 0. The molecule has 1 aliphatic heterocycles. The lowest BCUT2D eigenvalue weighted by atomic mass is 9.87. The molecule has 1 rings (SSSR count). The third kappa shape index (κ3) is 4.10. The summed E-state index contributed by atoms with van der Waals surface area (Å²) in [7, 11) is 1.87. The van der Waals surface area contributed by atoms with Gasteiger partial charge in [-0.15, -0.1) is 0 Å². The number of nitrogens with one attached hydrogen (secondary N) is 2. The summed E-state index contributed by atoms with van der Waals surface area (Å²) in [5.74, 6) is 0.249. The quantitative estimate of drug-likeness (QED) is 0.735. The Hall–Kier alpha value is -0.610. The molecular weight excluding hydrogens is 202 g/mol. The van der Waals surface area contributed by atoms with Crippen molar-refractivity contribution >= 4 is 5.91 Å². The molecule has 16 heavy (non-hydrogen) atoms. The number of carbonyl (C=O) groups is 1.